The van der Waals surface area contributed by atoms with Gasteiger partial charge in [-0.3, -0.25) is 4.79 Å². The number of amides is 1. The lowest BCUT2D eigenvalue weighted by molar-refractivity contribution is -0.114. The van der Waals surface area contributed by atoms with E-state index in [9.17, 15) is 4.79 Å². The zero-order valence-electron chi connectivity index (χ0n) is 14.1. The van der Waals surface area contributed by atoms with Crippen molar-refractivity contribution in [3.8, 4) is 17.2 Å². The van der Waals surface area contributed by atoms with Crippen LogP contribution < -0.4 is 24.8 Å². The number of methoxy groups -OCH3 is 2. The van der Waals surface area contributed by atoms with E-state index in [0.717, 1.165) is 11.4 Å². The van der Waals surface area contributed by atoms with Crippen molar-refractivity contribution in [3.63, 3.8) is 0 Å². The summed E-state index contributed by atoms with van der Waals surface area (Å²) in [4.78, 5) is 12.1. The van der Waals surface area contributed by atoms with Crippen molar-refractivity contribution in [2.45, 2.75) is 6.92 Å². The number of hydrogen-bond acceptors (Lipinski definition) is 5. The second-order valence-electron chi connectivity index (χ2n) is 4.90. The van der Waals surface area contributed by atoms with Gasteiger partial charge in [-0.1, -0.05) is 12.1 Å². The van der Waals surface area contributed by atoms with E-state index in [4.69, 9.17) is 14.2 Å². The average Bonchev–Trinajstić information content (AvgIpc) is 2.61. The van der Waals surface area contributed by atoms with Gasteiger partial charge in [0.15, 0.2) is 11.5 Å². The van der Waals surface area contributed by atoms with Gasteiger partial charge in [0.2, 0.25) is 5.91 Å². The molecule has 2 N–H and O–H groups in total. The average molecular weight is 330 g/mol. The minimum atomic E-state index is -0.173. The van der Waals surface area contributed by atoms with Crippen LogP contribution in [0.3, 0.4) is 0 Å². The molecular weight excluding hydrogens is 308 g/mol. The van der Waals surface area contributed by atoms with Crippen molar-refractivity contribution in [2.75, 3.05) is 38.0 Å². The standard InChI is InChI=1S/C18H22N2O4/c1-4-24-15-8-6-5-7-14(15)19-12-18(21)20-13-9-10-16(22-2)17(11-13)23-3/h5-11,19H,4,12H2,1-3H3,(H,20,21). The number of carbonyl (C=O) groups is 1. The number of rotatable bonds is 8. The first kappa shape index (κ1) is 17.5. The van der Waals surface area contributed by atoms with E-state index >= 15 is 0 Å². The number of carbonyl (C=O) groups excluding carboxylic acids is 1. The fourth-order valence-electron chi connectivity index (χ4n) is 2.19. The first-order valence-corrected chi connectivity index (χ1v) is 7.65. The van der Waals surface area contributed by atoms with Crippen LogP contribution in [0.15, 0.2) is 42.5 Å². The molecule has 1 amide bonds. The van der Waals surface area contributed by atoms with Gasteiger partial charge in [-0.15, -0.1) is 0 Å². The molecule has 0 aliphatic rings. The molecule has 2 aromatic rings. The summed E-state index contributed by atoms with van der Waals surface area (Å²) in [6.45, 7) is 2.61. The summed E-state index contributed by atoms with van der Waals surface area (Å²) >= 11 is 0. The fourth-order valence-corrected chi connectivity index (χ4v) is 2.19. The number of benzene rings is 2. The van der Waals surface area contributed by atoms with Gasteiger partial charge in [-0.25, -0.2) is 0 Å². The first-order chi connectivity index (χ1) is 11.7. The van der Waals surface area contributed by atoms with Crippen molar-refractivity contribution in [1.29, 1.82) is 0 Å². The zero-order chi connectivity index (χ0) is 17.4. The topological polar surface area (TPSA) is 68.8 Å². The van der Waals surface area contributed by atoms with Crippen LogP contribution in [0.25, 0.3) is 0 Å². The van der Waals surface area contributed by atoms with E-state index in [1.165, 1.54) is 0 Å². The van der Waals surface area contributed by atoms with Crippen molar-refractivity contribution >= 4 is 17.3 Å². The van der Waals surface area contributed by atoms with Gasteiger partial charge in [-0.2, -0.15) is 0 Å². The molecule has 128 valence electrons. The molecule has 6 nitrogen and oxygen atoms in total. The highest BCUT2D eigenvalue weighted by Gasteiger charge is 2.08. The molecule has 0 unspecified atom stereocenters. The summed E-state index contributed by atoms with van der Waals surface area (Å²) in [5, 5.41) is 5.89. The highest BCUT2D eigenvalue weighted by atomic mass is 16.5. The molecule has 0 bridgehead atoms. The van der Waals surface area contributed by atoms with Crippen LogP contribution in [0.1, 0.15) is 6.92 Å². The van der Waals surface area contributed by atoms with Crippen LogP contribution in [0.4, 0.5) is 11.4 Å². The van der Waals surface area contributed by atoms with Crippen molar-refractivity contribution < 1.29 is 19.0 Å². The van der Waals surface area contributed by atoms with E-state index in [2.05, 4.69) is 10.6 Å². The van der Waals surface area contributed by atoms with Gasteiger partial charge in [0.1, 0.15) is 5.75 Å². The van der Waals surface area contributed by atoms with E-state index < -0.39 is 0 Å². The molecule has 0 aliphatic carbocycles. The molecule has 0 fully saturated rings. The molecule has 0 saturated carbocycles. The largest absolute Gasteiger partial charge is 0.493 e. The van der Waals surface area contributed by atoms with Gasteiger partial charge in [0.25, 0.3) is 0 Å². The minimum Gasteiger partial charge on any atom is -0.493 e. The maximum Gasteiger partial charge on any atom is 0.243 e. The van der Waals surface area contributed by atoms with Crippen LogP contribution in [-0.2, 0) is 4.79 Å². The SMILES string of the molecule is CCOc1ccccc1NCC(=O)Nc1ccc(OC)c(OC)c1. The maximum atomic E-state index is 12.1. The quantitative estimate of drug-likeness (QED) is 0.778. The molecule has 2 aromatic carbocycles. The molecule has 0 atom stereocenters. The number of para-hydroxylation sites is 2. The number of ether oxygens (including phenoxy) is 3. The van der Waals surface area contributed by atoms with Crippen LogP contribution in [-0.4, -0.2) is 33.3 Å². The Morgan fingerprint density at radius 3 is 2.46 bits per heavy atom. The highest BCUT2D eigenvalue weighted by Crippen LogP contribution is 2.29. The minimum absolute atomic E-state index is 0.123. The third-order valence-corrected chi connectivity index (χ3v) is 3.29. The van der Waals surface area contributed by atoms with Gasteiger partial charge < -0.3 is 24.8 Å². The van der Waals surface area contributed by atoms with E-state index in [-0.39, 0.29) is 12.5 Å². The van der Waals surface area contributed by atoms with Gasteiger partial charge in [0, 0.05) is 11.8 Å². The molecule has 2 rings (SSSR count). The van der Waals surface area contributed by atoms with E-state index in [1.807, 2.05) is 31.2 Å². The Bertz CT molecular complexity index is 688. The Labute approximate surface area is 141 Å². The number of hydrogen-bond donors (Lipinski definition) is 2. The maximum absolute atomic E-state index is 12.1. The number of nitrogens with one attached hydrogen (secondary N) is 2. The predicted molar refractivity (Wildman–Crippen MR) is 94.3 cm³/mol. The predicted octanol–water partition coefficient (Wildman–Crippen LogP) is 3.15. The monoisotopic (exact) mass is 330 g/mol. The van der Waals surface area contributed by atoms with Gasteiger partial charge in [-0.05, 0) is 31.2 Å². The van der Waals surface area contributed by atoms with Crippen molar-refractivity contribution in [2.24, 2.45) is 0 Å². The normalized spacial score (nSPS) is 9.96. The zero-order valence-corrected chi connectivity index (χ0v) is 14.1. The van der Waals surface area contributed by atoms with Gasteiger partial charge >= 0.3 is 0 Å². The Hall–Kier alpha value is -2.89. The summed E-state index contributed by atoms with van der Waals surface area (Å²) in [5.41, 5.74) is 1.42. The Morgan fingerprint density at radius 2 is 1.75 bits per heavy atom. The van der Waals surface area contributed by atoms with Crippen LogP contribution in [0.2, 0.25) is 0 Å². The summed E-state index contributed by atoms with van der Waals surface area (Å²) in [5.74, 6) is 1.72. The molecular formula is C18H22N2O4. The van der Waals surface area contributed by atoms with Crippen LogP contribution in [0, 0.1) is 0 Å². The summed E-state index contributed by atoms with van der Waals surface area (Å²) in [6, 6.07) is 12.7. The smallest absolute Gasteiger partial charge is 0.243 e. The molecule has 0 aliphatic heterocycles. The van der Waals surface area contributed by atoms with Crippen LogP contribution >= 0.6 is 0 Å². The molecule has 0 saturated heterocycles. The Morgan fingerprint density at radius 1 is 1.00 bits per heavy atom. The summed E-state index contributed by atoms with van der Waals surface area (Å²) < 4.78 is 15.9. The fraction of sp³-hybridized carbons (Fsp3) is 0.278. The molecule has 0 heterocycles. The Balaban J connectivity index is 1.97. The van der Waals surface area contributed by atoms with Crippen molar-refractivity contribution in [1.82, 2.24) is 0 Å². The number of anilines is 2. The summed E-state index contributed by atoms with van der Waals surface area (Å²) in [7, 11) is 3.12. The molecule has 0 spiro atoms. The van der Waals surface area contributed by atoms with Crippen LogP contribution in [0.5, 0.6) is 17.2 Å². The third-order valence-electron chi connectivity index (χ3n) is 3.29. The van der Waals surface area contributed by atoms with Crippen molar-refractivity contribution in [3.05, 3.63) is 42.5 Å². The van der Waals surface area contributed by atoms with Gasteiger partial charge in [0.05, 0.1) is 33.1 Å². The molecule has 0 aromatic heterocycles. The Kier molecular flexibility index (Phi) is 6.31. The lowest BCUT2D eigenvalue weighted by Gasteiger charge is -2.13. The third kappa shape index (κ3) is 4.55. The second kappa shape index (κ2) is 8.67. The molecule has 24 heavy (non-hydrogen) atoms. The first-order valence-electron chi connectivity index (χ1n) is 7.65. The molecule has 0 radical (unpaired) electrons. The lowest BCUT2D eigenvalue weighted by atomic mass is 10.2. The summed E-state index contributed by atoms with van der Waals surface area (Å²) in [6.07, 6.45) is 0. The highest BCUT2D eigenvalue weighted by molar-refractivity contribution is 5.94. The van der Waals surface area contributed by atoms with E-state index in [1.54, 1.807) is 32.4 Å². The van der Waals surface area contributed by atoms with E-state index in [0.29, 0.717) is 23.8 Å². The molecule has 6 heteroatoms. The lowest BCUT2D eigenvalue weighted by Crippen LogP contribution is -2.22. The second-order valence-corrected chi connectivity index (χ2v) is 4.90.